The molecule has 12 heavy (non-hydrogen) atoms. The summed E-state index contributed by atoms with van der Waals surface area (Å²) in [5.41, 5.74) is 14.9. The van der Waals surface area contributed by atoms with Crippen molar-refractivity contribution in [1.82, 2.24) is 0 Å². The van der Waals surface area contributed by atoms with Crippen molar-refractivity contribution in [3.8, 4) is 0 Å². The first kappa shape index (κ1) is 9.95. The minimum atomic E-state index is -0.747. The minimum Gasteiger partial charge on any atom is -0.370 e. The van der Waals surface area contributed by atoms with Gasteiger partial charge < -0.3 is 22.0 Å². The van der Waals surface area contributed by atoms with Gasteiger partial charge in [0.1, 0.15) is 0 Å². The van der Waals surface area contributed by atoms with Gasteiger partial charge in [-0.3, -0.25) is 0 Å². The van der Waals surface area contributed by atoms with Crippen molar-refractivity contribution in [2.24, 2.45) is 27.3 Å². The molecule has 0 aliphatic rings. The Balaban J connectivity index is 4.10. The van der Waals surface area contributed by atoms with E-state index in [1.165, 1.54) is 0 Å². The van der Waals surface area contributed by atoms with Gasteiger partial charge in [-0.2, -0.15) is 4.99 Å². The Morgan fingerprint density at radius 2 is 2.00 bits per heavy atom. The van der Waals surface area contributed by atoms with Crippen molar-refractivity contribution >= 4 is 17.9 Å². The zero-order chi connectivity index (χ0) is 9.56. The molecular formula is C5H9N5O2. The molecule has 0 saturated carbocycles. The lowest BCUT2D eigenvalue weighted by Crippen LogP contribution is -2.26. The monoisotopic (exact) mass is 171 g/mol. The largest absolute Gasteiger partial charge is 0.370 e. The zero-order valence-corrected chi connectivity index (χ0v) is 6.23. The maximum atomic E-state index is 10.4. The molecule has 0 rings (SSSR count). The molecule has 0 aromatic heterocycles. The van der Waals surface area contributed by atoms with Crippen LogP contribution < -0.4 is 17.2 Å². The summed E-state index contributed by atoms with van der Waals surface area (Å²) in [4.78, 5) is 17.8. The molecule has 0 aliphatic carbocycles. The smallest absolute Gasteiger partial charge is 0.358 e. The summed E-state index contributed by atoms with van der Waals surface area (Å²) in [5, 5.41) is 3.06. The van der Waals surface area contributed by atoms with E-state index in [-0.39, 0.29) is 11.9 Å². The Kier molecular flexibility index (Phi) is 3.91. The second-order valence-electron chi connectivity index (χ2n) is 1.60. The van der Waals surface area contributed by atoms with E-state index in [1.54, 1.807) is 0 Å². The lowest BCUT2D eigenvalue weighted by Gasteiger charge is -1.92. The fourth-order valence-corrected chi connectivity index (χ4v) is 0.282. The third kappa shape index (κ3) is 4.79. The predicted molar refractivity (Wildman–Crippen MR) is 43.7 cm³/mol. The van der Waals surface area contributed by atoms with Crippen LogP contribution in [0, 0.1) is 0 Å². The number of oxime groups is 1. The highest BCUT2D eigenvalue weighted by molar-refractivity contribution is 5.92. The highest BCUT2D eigenvalue weighted by Gasteiger charge is 1.94. The number of hydrogen-bond acceptors (Lipinski definition) is 3. The highest BCUT2D eigenvalue weighted by Crippen LogP contribution is 1.80. The maximum Gasteiger partial charge on any atom is 0.358 e. The number of guanidine groups is 2. The standard InChI is InChI=1S/C5H9N5O2/c1-2-3(11)12-10-5(8)9-4(6)7/h2H,1H2,(H6,6,7,8,9,10). The minimum absolute atomic E-state index is 0.272. The second-order valence-corrected chi connectivity index (χ2v) is 1.60. The summed E-state index contributed by atoms with van der Waals surface area (Å²) >= 11 is 0. The van der Waals surface area contributed by atoms with Crippen LogP contribution in [0.15, 0.2) is 22.8 Å². The number of hydrogen-bond donors (Lipinski definition) is 3. The molecule has 0 unspecified atom stereocenters. The summed E-state index contributed by atoms with van der Waals surface area (Å²) < 4.78 is 0. The summed E-state index contributed by atoms with van der Waals surface area (Å²) in [6.07, 6.45) is 0.923. The first-order valence-electron chi connectivity index (χ1n) is 2.82. The van der Waals surface area contributed by atoms with E-state index >= 15 is 0 Å². The molecule has 0 bridgehead atoms. The van der Waals surface area contributed by atoms with Crippen LogP contribution in [0.25, 0.3) is 0 Å². The molecule has 6 N–H and O–H groups in total. The van der Waals surface area contributed by atoms with Crippen LogP contribution in [0.4, 0.5) is 0 Å². The third-order valence-electron chi connectivity index (χ3n) is 0.639. The van der Waals surface area contributed by atoms with Gasteiger partial charge in [0.25, 0.3) is 5.96 Å². The van der Waals surface area contributed by atoms with Crippen molar-refractivity contribution in [3.63, 3.8) is 0 Å². The Morgan fingerprint density at radius 1 is 1.42 bits per heavy atom. The number of carbonyl (C=O) groups excluding carboxylic acids is 1. The Morgan fingerprint density at radius 3 is 2.42 bits per heavy atom. The van der Waals surface area contributed by atoms with Crippen LogP contribution in [0.1, 0.15) is 0 Å². The molecule has 0 atom stereocenters. The molecule has 0 spiro atoms. The molecule has 7 heteroatoms. The van der Waals surface area contributed by atoms with Gasteiger partial charge in [0, 0.05) is 6.08 Å². The topological polar surface area (TPSA) is 129 Å². The molecule has 0 fully saturated rings. The van der Waals surface area contributed by atoms with E-state index < -0.39 is 5.97 Å². The van der Waals surface area contributed by atoms with Crippen LogP contribution in [-0.2, 0) is 9.63 Å². The molecule has 0 aliphatic heterocycles. The first-order valence-corrected chi connectivity index (χ1v) is 2.82. The van der Waals surface area contributed by atoms with Crippen molar-refractivity contribution in [3.05, 3.63) is 12.7 Å². The zero-order valence-electron chi connectivity index (χ0n) is 6.23. The molecule has 0 aromatic rings. The third-order valence-corrected chi connectivity index (χ3v) is 0.639. The average molecular weight is 171 g/mol. The summed E-state index contributed by atoms with van der Waals surface area (Å²) in [5.74, 6) is -1.36. The fourth-order valence-electron chi connectivity index (χ4n) is 0.282. The molecule has 0 aromatic carbocycles. The SMILES string of the molecule is C=CC(=O)ON=C(N)N=C(N)N. The highest BCUT2D eigenvalue weighted by atomic mass is 16.7. The molecule has 0 heterocycles. The number of nitrogens with two attached hydrogens (primary N) is 3. The fraction of sp³-hybridized carbons (Fsp3) is 0. The molecule has 0 saturated heterocycles. The van der Waals surface area contributed by atoms with E-state index in [0.29, 0.717) is 0 Å². The van der Waals surface area contributed by atoms with E-state index in [2.05, 4.69) is 21.6 Å². The average Bonchev–Trinajstić information content (AvgIpc) is 1.99. The molecule has 0 radical (unpaired) electrons. The molecule has 66 valence electrons. The van der Waals surface area contributed by atoms with E-state index in [1.807, 2.05) is 0 Å². The number of aliphatic imine (C=N–C) groups is 1. The summed E-state index contributed by atoms with van der Waals surface area (Å²) in [6.45, 7) is 3.13. The number of rotatable bonds is 2. The van der Waals surface area contributed by atoms with Crippen molar-refractivity contribution in [1.29, 1.82) is 0 Å². The van der Waals surface area contributed by atoms with Crippen molar-refractivity contribution in [2.75, 3.05) is 0 Å². The summed E-state index contributed by atoms with van der Waals surface area (Å²) in [6, 6.07) is 0. The van der Waals surface area contributed by atoms with Crippen LogP contribution in [0.2, 0.25) is 0 Å². The summed E-state index contributed by atoms with van der Waals surface area (Å²) in [7, 11) is 0. The number of carbonyl (C=O) groups is 1. The van der Waals surface area contributed by atoms with Crippen molar-refractivity contribution in [2.45, 2.75) is 0 Å². The van der Waals surface area contributed by atoms with Gasteiger partial charge in [-0.25, -0.2) is 4.79 Å². The lowest BCUT2D eigenvalue weighted by molar-refractivity contribution is -0.137. The Hall–Kier alpha value is -2.05. The normalized spacial score (nSPS) is 10.2. The Bertz CT molecular complexity index is 240. The van der Waals surface area contributed by atoms with Crippen LogP contribution in [0.5, 0.6) is 0 Å². The van der Waals surface area contributed by atoms with E-state index in [9.17, 15) is 4.79 Å². The molecule has 0 amide bonds. The van der Waals surface area contributed by atoms with Gasteiger partial charge in [0.15, 0.2) is 5.96 Å². The van der Waals surface area contributed by atoms with Gasteiger partial charge in [0.2, 0.25) is 0 Å². The van der Waals surface area contributed by atoms with Crippen LogP contribution in [-0.4, -0.2) is 17.9 Å². The second kappa shape index (κ2) is 4.72. The van der Waals surface area contributed by atoms with E-state index in [0.717, 1.165) is 6.08 Å². The maximum absolute atomic E-state index is 10.4. The quantitative estimate of drug-likeness (QED) is 0.149. The van der Waals surface area contributed by atoms with Gasteiger partial charge in [-0.1, -0.05) is 6.58 Å². The molecular weight excluding hydrogens is 162 g/mol. The van der Waals surface area contributed by atoms with Gasteiger partial charge in [-0.15, -0.1) is 0 Å². The number of nitrogens with zero attached hydrogens (tertiary/aromatic N) is 2. The van der Waals surface area contributed by atoms with Gasteiger partial charge in [-0.05, 0) is 5.16 Å². The van der Waals surface area contributed by atoms with Crippen LogP contribution in [0.3, 0.4) is 0 Å². The Labute approximate surface area is 68.5 Å². The van der Waals surface area contributed by atoms with Crippen LogP contribution >= 0.6 is 0 Å². The lowest BCUT2D eigenvalue weighted by atomic mass is 10.7. The first-order chi connectivity index (χ1) is 5.56. The van der Waals surface area contributed by atoms with Gasteiger partial charge >= 0.3 is 5.97 Å². The van der Waals surface area contributed by atoms with Crippen molar-refractivity contribution < 1.29 is 9.63 Å². The van der Waals surface area contributed by atoms with Gasteiger partial charge in [0.05, 0.1) is 0 Å². The molecule has 7 nitrogen and oxygen atoms in total. The predicted octanol–water partition coefficient (Wildman–Crippen LogP) is -1.78. The van der Waals surface area contributed by atoms with E-state index in [4.69, 9.17) is 17.2 Å².